The number of morpholine rings is 1. The fraction of sp³-hybridized carbons (Fsp3) is 0.346. The molecule has 0 saturated carbocycles. The highest BCUT2D eigenvalue weighted by molar-refractivity contribution is 5.73. The summed E-state index contributed by atoms with van der Waals surface area (Å²) in [5.41, 5.74) is 4.69. The molecule has 2 aromatic heterocycles. The maximum atomic E-state index is 12.8. The number of aryl methyl sites for hydroxylation is 2. The summed E-state index contributed by atoms with van der Waals surface area (Å²) in [6.07, 6.45) is 1.67. The number of nitrogens with one attached hydrogen (secondary N) is 2. The first-order valence-corrected chi connectivity index (χ1v) is 11.6. The Balaban J connectivity index is 0.000000398. The summed E-state index contributed by atoms with van der Waals surface area (Å²) in [6, 6.07) is 13.9. The van der Waals surface area contributed by atoms with E-state index < -0.39 is 0 Å². The van der Waals surface area contributed by atoms with E-state index in [-0.39, 0.29) is 5.56 Å². The molecule has 8 heteroatoms. The molecule has 3 heterocycles. The zero-order valence-corrected chi connectivity index (χ0v) is 19.9. The predicted molar refractivity (Wildman–Crippen MR) is 133 cm³/mol. The molecule has 0 bridgehead atoms. The second-order valence-corrected chi connectivity index (χ2v) is 8.18. The number of aromatic nitrogens is 4. The fourth-order valence-electron chi connectivity index (χ4n) is 4.00. The first-order chi connectivity index (χ1) is 16.6. The van der Waals surface area contributed by atoms with E-state index in [1.54, 1.807) is 6.33 Å². The Morgan fingerprint density at radius 1 is 1.09 bits per heavy atom. The molecule has 0 unspecified atom stereocenters. The number of hydrogen-bond acceptors (Lipinski definition) is 6. The molecule has 0 aliphatic carbocycles. The molecule has 8 nitrogen and oxygen atoms in total. The first kappa shape index (κ1) is 23.7. The van der Waals surface area contributed by atoms with E-state index in [2.05, 4.69) is 20.3 Å². The Hall–Kier alpha value is -3.49. The van der Waals surface area contributed by atoms with Crippen molar-refractivity contribution in [2.75, 3.05) is 32.9 Å². The summed E-state index contributed by atoms with van der Waals surface area (Å²) in [4.78, 5) is 24.7. The van der Waals surface area contributed by atoms with Crippen LogP contribution in [-0.2, 0) is 11.3 Å². The maximum absolute atomic E-state index is 12.8. The Morgan fingerprint density at radius 3 is 2.38 bits per heavy atom. The Kier molecular flexibility index (Phi) is 7.72. The highest BCUT2D eigenvalue weighted by Gasteiger charge is 2.14. The number of fused-ring (bicyclic) bond motifs is 1. The Bertz CT molecular complexity index is 1260. The van der Waals surface area contributed by atoms with Gasteiger partial charge in [-0.15, -0.1) is 0 Å². The molecule has 1 saturated heterocycles. The maximum Gasteiger partial charge on any atom is 0.277 e. The van der Waals surface area contributed by atoms with E-state index in [1.165, 1.54) is 0 Å². The van der Waals surface area contributed by atoms with Gasteiger partial charge in [0.15, 0.2) is 11.2 Å². The summed E-state index contributed by atoms with van der Waals surface area (Å²) < 4.78 is 12.5. The van der Waals surface area contributed by atoms with Gasteiger partial charge in [0.1, 0.15) is 11.6 Å². The van der Waals surface area contributed by atoms with Crippen molar-refractivity contribution in [3.63, 3.8) is 0 Å². The minimum Gasteiger partial charge on any atom is -0.493 e. The summed E-state index contributed by atoms with van der Waals surface area (Å²) >= 11 is 0. The lowest BCUT2D eigenvalue weighted by atomic mass is 10.1. The first-order valence-electron chi connectivity index (χ1n) is 11.6. The van der Waals surface area contributed by atoms with Gasteiger partial charge in [0.25, 0.3) is 5.56 Å². The number of ether oxygens (including phenoxy) is 2. The number of nitrogens with zero attached hydrogens (tertiary/aromatic N) is 3. The van der Waals surface area contributed by atoms with E-state index in [4.69, 9.17) is 9.47 Å². The number of rotatable bonds is 5. The SMILES string of the molecule is C1COCCN1.CCOc1c(C)cc(-c2nc3ncn(Cc4ccccc4)c3c(=O)[nH]2)cc1C. The Labute approximate surface area is 199 Å². The second kappa shape index (κ2) is 11.1. The number of aromatic amines is 1. The van der Waals surface area contributed by atoms with Crippen molar-refractivity contribution < 1.29 is 9.47 Å². The van der Waals surface area contributed by atoms with Crippen molar-refractivity contribution in [3.05, 3.63) is 75.8 Å². The third kappa shape index (κ3) is 5.52. The lowest BCUT2D eigenvalue weighted by molar-refractivity contribution is 0.109. The normalized spacial score (nSPS) is 13.4. The summed E-state index contributed by atoms with van der Waals surface area (Å²) in [7, 11) is 0. The van der Waals surface area contributed by atoms with E-state index in [1.807, 2.05) is 67.8 Å². The minimum absolute atomic E-state index is 0.197. The van der Waals surface area contributed by atoms with E-state index >= 15 is 0 Å². The van der Waals surface area contributed by atoms with Gasteiger partial charge in [0, 0.05) is 25.2 Å². The highest BCUT2D eigenvalue weighted by atomic mass is 16.5. The number of hydrogen-bond donors (Lipinski definition) is 2. The molecule has 2 N–H and O–H groups in total. The van der Waals surface area contributed by atoms with E-state index in [0.717, 1.165) is 54.3 Å². The molecule has 1 aliphatic rings. The third-order valence-electron chi connectivity index (χ3n) is 5.55. The second-order valence-electron chi connectivity index (χ2n) is 8.18. The molecule has 0 amide bonds. The molecule has 4 aromatic rings. The lowest BCUT2D eigenvalue weighted by Crippen LogP contribution is -2.30. The standard InChI is InChI=1S/C22H22N4O2.C4H9NO/c1-4-28-19-14(2)10-17(11-15(19)3)20-24-21-18(22(27)25-20)26(13-23-21)12-16-8-6-5-7-9-16;1-3-6-4-2-5-1/h5-11,13H,4,12H2,1-3H3,(H,24,25,27);5H,1-4H2. The average molecular weight is 462 g/mol. The third-order valence-corrected chi connectivity index (χ3v) is 5.55. The molecule has 34 heavy (non-hydrogen) atoms. The van der Waals surface area contributed by atoms with Crippen LogP contribution in [0.1, 0.15) is 23.6 Å². The van der Waals surface area contributed by atoms with E-state index in [9.17, 15) is 4.79 Å². The van der Waals surface area contributed by atoms with Gasteiger partial charge in [0.2, 0.25) is 0 Å². The van der Waals surface area contributed by atoms with Gasteiger partial charge in [-0.3, -0.25) is 4.79 Å². The van der Waals surface area contributed by atoms with Crippen molar-refractivity contribution in [2.45, 2.75) is 27.3 Å². The van der Waals surface area contributed by atoms with Gasteiger partial charge < -0.3 is 24.3 Å². The lowest BCUT2D eigenvalue weighted by Gasteiger charge is -2.12. The molecule has 0 radical (unpaired) electrons. The van der Waals surface area contributed by atoms with Crippen LogP contribution in [0.15, 0.2) is 53.6 Å². The van der Waals surface area contributed by atoms with Crippen LogP contribution in [0.25, 0.3) is 22.6 Å². The molecule has 0 atom stereocenters. The van der Waals surface area contributed by atoms with Crippen molar-refractivity contribution in [2.24, 2.45) is 0 Å². The van der Waals surface area contributed by atoms with Gasteiger partial charge in [-0.05, 0) is 49.6 Å². The van der Waals surface area contributed by atoms with Crippen molar-refractivity contribution in [1.82, 2.24) is 24.8 Å². The molecule has 1 aliphatic heterocycles. The van der Waals surface area contributed by atoms with Crippen LogP contribution >= 0.6 is 0 Å². The van der Waals surface area contributed by atoms with Crippen LogP contribution in [-0.4, -0.2) is 52.4 Å². The number of H-pyrrole nitrogens is 1. The van der Waals surface area contributed by atoms with E-state index in [0.29, 0.717) is 30.1 Å². The van der Waals surface area contributed by atoms with Crippen molar-refractivity contribution in [1.29, 1.82) is 0 Å². The largest absolute Gasteiger partial charge is 0.493 e. The van der Waals surface area contributed by atoms with Crippen LogP contribution in [0.5, 0.6) is 5.75 Å². The minimum atomic E-state index is -0.197. The molecule has 178 valence electrons. The number of imidazole rings is 1. The smallest absolute Gasteiger partial charge is 0.277 e. The Morgan fingerprint density at radius 2 is 1.79 bits per heavy atom. The van der Waals surface area contributed by atoms with Gasteiger partial charge in [-0.2, -0.15) is 0 Å². The van der Waals surface area contributed by atoms with Gasteiger partial charge in [-0.25, -0.2) is 9.97 Å². The van der Waals surface area contributed by atoms with Gasteiger partial charge >= 0.3 is 0 Å². The number of benzene rings is 2. The summed E-state index contributed by atoms with van der Waals surface area (Å²) in [5.74, 6) is 1.39. The highest BCUT2D eigenvalue weighted by Crippen LogP contribution is 2.28. The monoisotopic (exact) mass is 461 g/mol. The predicted octanol–water partition coefficient (Wildman–Crippen LogP) is 3.46. The molecular weight excluding hydrogens is 430 g/mol. The van der Waals surface area contributed by atoms with Crippen LogP contribution in [0.3, 0.4) is 0 Å². The summed E-state index contributed by atoms with van der Waals surface area (Å²) in [5, 5.41) is 3.16. The molecule has 2 aromatic carbocycles. The molecule has 5 rings (SSSR count). The van der Waals surface area contributed by atoms with Crippen molar-refractivity contribution >= 4 is 11.2 Å². The summed E-state index contributed by atoms with van der Waals surface area (Å²) in [6.45, 7) is 11.0. The molecular formula is C26H31N5O3. The fourth-order valence-corrected chi connectivity index (χ4v) is 4.00. The van der Waals surface area contributed by atoms with Gasteiger partial charge in [0.05, 0.1) is 26.1 Å². The van der Waals surface area contributed by atoms with Crippen LogP contribution < -0.4 is 15.6 Å². The van der Waals surface area contributed by atoms with Crippen molar-refractivity contribution in [3.8, 4) is 17.1 Å². The topological polar surface area (TPSA) is 94.1 Å². The zero-order chi connectivity index (χ0) is 23.9. The molecule has 1 fully saturated rings. The van der Waals surface area contributed by atoms with Crippen LogP contribution in [0.2, 0.25) is 0 Å². The molecule has 0 spiro atoms. The quantitative estimate of drug-likeness (QED) is 0.473. The van der Waals surface area contributed by atoms with Gasteiger partial charge in [-0.1, -0.05) is 30.3 Å². The van der Waals surface area contributed by atoms with Crippen LogP contribution in [0.4, 0.5) is 0 Å². The van der Waals surface area contributed by atoms with Crippen LogP contribution in [0, 0.1) is 13.8 Å². The average Bonchev–Trinajstić information content (AvgIpc) is 3.26. The zero-order valence-electron chi connectivity index (χ0n) is 19.9.